The Morgan fingerprint density at radius 1 is 1.04 bits per heavy atom. The minimum atomic E-state index is 0.483. The smallest absolute Gasteiger partial charge is 0.140 e. The molecule has 3 nitrogen and oxygen atoms in total. The summed E-state index contributed by atoms with van der Waals surface area (Å²) in [6, 6.07) is 12.7. The van der Waals surface area contributed by atoms with Crippen LogP contribution in [0.2, 0.25) is 0 Å². The third-order valence-corrected chi connectivity index (χ3v) is 4.87. The molecule has 3 aromatic heterocycles. The molecule has 0 aliphatic carbocycles. The second kappa shape index (κ2) is 5.27. The summed E-state index contributed by atoms with van der Waals surface area (Å²) in [7, 11) is 0. The largest absolute Gasteiger partial charge is 0.360 e. The van der Waals surface area contributed by atoms with Crippen molar-refractivity contribution in [3.63, 3.8) is 0 Å². The molecule has 0 saturated heterocycles. The molecule has 0 amide bonds. The normalized spacial score (nSPS) is 13.2. The fourth-order valence-corrected chi connectivity index (χ4v) is 3.16. The summed E-state index contributed by atoms with van der Waals surface area (Å²) >= 11 is 0. The first-order chi connectivity index (χ1) is 11.1. The maximum Gasteiger partial charge on any atom is 0.140 e. The van der Waals surface area contributed by atoms with Gasteiger partial charge in [-0.1, -0.05) is 45.0 Å². The number of para-hydroxylation sites is 1. The fourth-order valence-electron chi connectivity index (χ4n) is 3.16. The van der Waals surface area contributed by atoms with Crippen molar-refractivity contribution in [1.82, 2.24) is 14.4 Å². The van der Waals surface area contributed by atoms with Gasteiger partial charge >= 0.3 is 0 Å². The van der Waals surface area contributed by atoms with E-state index in [1.54, 1.807) is 0 Å². The predicted octanol–water partition coefficient (Wildman–Crippen LogP) is 5.24. The molecule has 0 aliphatic rings. The van der Waals surface area contributed by atoms with Gasteiger partial charge in [-0.2, -0.15) is 0 Å². The first-order valence-corrected chi connectivity index (χ1v) is 8.19. The Labute approximate surface area is 136 Å². The molecule has 1 N–H and O–H groups in total. The van der Waals surface area contributed by atoms with Crippen molar-refractivity contribution >= 4 is 16.6 Å². The van der Waals surface area contributed by atoms with E-state index in [1.165, 1.54) is 10.9 Å². The molecule has 1 unspecified atom stereocenters. The SMILES string of the molecule is CC(C)C(C)c1cccn2cc(-c3c[nH]c4ccccc34)nc12. The van der Waals surface area contributed by atoms with Crippen molar-refractivity contribution in [2.24, 2.45) is 5.92 Å². The van der Waals surface area contributed by atoms with Crippen LogP contribution < -0.4 is 0 Å². The highest BCUT2D eigenvalue weighted by molar-refractivity contribution is 5.94. The summed E-state index contributed by atoms with van der Waals surface area (Å²) in [6.07, 6.45) is 6.26. The van der Waals surface area contributed by atoms with Gasteiger partial charge in [-0.05, 0) is 29.5 Å². The maximum absolute atomic E-state index is 4.95. The van der Waals surface area contributed by atoms with E-state index in [1.807, 2.05) is 0 Å². The molecular formula is C20H21N3. The van der Waals surface area contributed by atoms with Crippen LogP contribution in [0.15, 0.2) is 55.0 Å². The van der Waals surface area contributed by atoms with Gasteiger partial charge in [0.15, 0.2) is 0 Å². The highest BCUT2D eigenvalue weighted by Gasteiger charge is 2.16. The monoisotopic (exact) mass is 303 g/mol. The summed E-state index contributed by atoms with van der Waals surface area (Å²) in [5.74, 6) is 1.08. The quantitative estimate of drug-likeness (QED) is 0.551. The second-order valence-corrected chi connectivity index (χ2v) is 6.60. The van der Waals surface area contributed by atoms with Gasteiger partial charge in [-0.25, -0.2) is 4.98 Å². The van der Waals surface area contributed by atoms with Crippen molar-refractivity contribution < 1.29 is 0 Å². The second-order valence-electron chi connectivity index (χ2n) is 6.60. The molecule has 4 rings (SSSR count). The lowest BCUT2D eigenvalue weighted by molar-refractivity contribution is 0.536. The predicted molar refractivity (Wildman–Crippen MR) is 95.7 cm³/mol. The van der Waals surface area contributed by atoms with Crippen molar-refractivity contribution in [3.8, 4) is 11.3 Å². The number of pyridine rings is 1. The Balaban J connectivity index is 1.91. The number of nitrogens with one attached hydrogen (secondary N) is 1. The van der Waals surface area contributed by atoms with Gasteiger partial charge in [0.2, 0.25) is 0 Å². The lowest BCUT2D eigenvalue weighted by Gasteiger charge is -2.16. The number of hydrogen-bond acceptors (Lipinski definition) is 1. The van der Waals surface area contributed by atoms with Crippen LogP contribution in [0.4, 0.5) is 0 Å². The van der Waals surface area contributed by atoms with Gasteiger partial charge in [0, 0.05) is 35.1 Å². The van der Waals surface area contributed by atoms with Crippen LogP contribution in [-0.4, -0.2) is 14.4 Å². The molecule has 1 aromatic carbocycles. The molecule has 3 heterocycles. The average Bonchev–Trinajstić information content (AvgIpc) is 3.17. The molecule has 0 aliphatic heterocycles. The molecule has 116 valence electrons. The van der Waals surface area contributed by atoms with E-state index in [2.05, 4.69) is 85.1 Å². The van der Waals surface area contributed by atoms with Gasteiger partial charge in [-0.15, -0.1) is 0 Å². The number of hydrogen-bond donors (Lipinski definition) is 1. The van der Waals surface area contributed by atoms with E-state index in [0.29, 0.717) is 11.8 Å². The first-order valence-electron chi connectivity index (χ1n) is 8.19. The number of fused-ring (bicyclic) bond motifs is 2. The summed E-state index contributed by atoms with van der Waals surface area (Å²) in [5.41, 5.74) is 5.70. The van der Waals surface area contributed by atoms with Gasteiger partial charge in [0.05, 0.1) is 5.69 Å². The maximum atomic E-state index is 4.95. The summed E-state index contributed by atoms with van der Waals surface area (Å²) < 4.78 is 2.14. The van der Waals surface area contributed by atoms with E-state index >= 15 is 0 Å². The Morgan fingerprint density at radius 3 is 2.70 bits per heavy atom. The molecule has 1 atom stereocenters. The van der Waals surface area contributed by atoms with Crippen LogP contribution in [-0.2, 0) is 0 Å². The van der Waals surface area contributed by atoms with Crippen LogP contribution in [0, 0.1) is 5.92 Å². The van der Waals surface area contributed by atoms with E-state index in [4.69, 9.17) is 4.98 Å². The number of benzene rings is 1. The Morgan fingerprint density at radius 2 is 1.87 bits per heavy atom. The van der Waals surface area contributed by atoms with Gasteiger partial charge in [0.25, 0.3) is 0 Å². The Kier molecular flexibility index (Phi) is 3.22. The molecule has 4 aromatic rings. The molecule has 0 radical (unpaired) electrons. The fraction of sp³-hybridized carbons (Fsp3) is 0.250. The summed E-state index contributed by atoms with van der Waals surface area (Å²) in [4.78, 5) is 8.29. The zero-order valence-electron chi connectivity index (χ0n) is 13.7. The van der Waals surface area contributed by atoms with E-state index in [-0.39, 0.29) is 0 Å². The van der Waals surface area contributed by atoms with Crippen LogP contribution >= 0.6 is 0 Å². The van der Waals surface area contributed by atoms with E-state index < -0.39 is 0 Å². The first kappa shape index (κ1) is 14.1. The number of nitrogens with zero attached hydrogens (tertiary/aromatic N) is 2. The van der Waals surface area contributed by atoms with Crippen LogP contribution in [0.25, 0.3) is 27.8 Å². The van der Waals surface area contributed by atoms with E-state index in [9.17, 15) is 0 Å². The summed E-state index contributed by atoms with van der Waals surface area (Å²) in [6.45, 7) is 6.80. The Hall–Kier alpha value is -2.55. The van der Waals surface area contributed by atoms with Crippen LogP contribution in [0.5, 0.6) is 0 Å². The zero-order chi connectivity index (χ0) is 16.0. The highest BCUT2D eigenvalue weighted by atomic mass is 15.0. The number of rotatable bonds is 3. The number of H-pyrrole nitrogens is 1. The molecule has 23 heavy (non-hydrogen) atoms. The van der Waals surface area contributed by atoms with Crippen molar-refractivity contribution in [2.75, 3.05) is 0 Å². The molecule has 0 saturated carbocycles. The van der Waals surface area contributed by atoms with Crippen LogP contribution in [0.3, 0.4) is 0 Å². The van der Waals surface area contributed by atoms with E-state index in [0.717, 1.165) is 22.4 Å². The highest BCUT2D eigenvalue weighted by Crippen LogP contribution is 2.31. The number of aromatic nitrogens is 3. The van der Waals surface area contributed by atoms with Crippen LogP contribution in [0.1, 0.15) is 32.3 Å². The number of aromatic amines is 1. The lowest BCUT2D eigenvalue weighted by Crippen LogP contribution is -2.04. The molecule has 0 fully saturated rings. The minimum Gasteiger partial charge on any atom is -0.360 e. The Bertz CT molecular complexity index is 975. The molecular weight excluding hydrogens is 282 g/mol. The topological polar surface area (TPSA) is 33.1 Å². The van der Waals surface area contributed by atoms with Gasteiger partial charge < -0.3 is 9.38 Å². The zero-order valence-corrected chi connectivity index (χ0v) is 13.7. The minimum absolute atomic E-state index is 0.483. The van der Waals surface area contributed by atoms with Crippen molar-refractivity contribution in [1.29, 1.82) is 0 Å². The third kappa shape index (κ3) is 2.24. The van der Waals surface area contributed by atoms with Crippen molar-refractivity contribution in [2.45, 2.75) is 26.7 Å². The molecule has 3 heteroatoms. The van der Waals surface area contributed by atoms with Gasteiger partial charge in [-0.3, -0.25) is 0 Å². The molecule has 0 spiro atoms. The lowest BCUT2D eigenvalue weighted by atomic mass is 9.91. The third-order valence-electron chi connectivity index (χ3n) is 4.87. The van der Waals surface area contributed by atoms with Crippen molar-refractivity contribution in [3.05, 3.63) is 60.6 Å². The average molecular weight is 303 g/mol. The summed E-state index contributed by atoms with van der Waals surface area (Å²) in [5, 5.41) is 1.22. The van der Waals surface area contributed by atoms with Gasteiger partial charge in [0.1, 0.15) is 5.65 Å². The standard InChI is InChI=1S/C20H21N3/c1-13(2)14(3)15-8-6-10-23-12-19(22-20(15)23)17-11-21-18-9-5-4-7-16(17)18/h4-14,21H,1-3H3. The molecule has 0 bridgehead atoms. The number of imidazole rings is 1.